The molecule has 9 heteroatoms. The Bertz CT molecular complexity index is 1690. The van der Waals surface area contributed by atoms with Crippen molar-refractivity contribution in [3.8, 4) is 0 Å². The topological polar surface area (TPSA) is 86.8 Å². The predicted octanol–water partition coefficient (Wildman–Crippen LogP) is 5.96. The number of hydrogen-bond donors (Lipinski definition) is 1. The Morgan fingerprint density at radius 2 is 1.47 bits per heavy atom. The number of sulfonamides is 1. The number of nitrogens with one attached hydrogen (secondary N) is 1. The smallest absolute Gasteiger partial charge is 0.264 e. The summed E-state index contributed by atoms with van der Waals surface area (Å²) in [4.78, 5) is 29.3. The summed E-state index contributed by atoms with van der Waals surface area (Å²) in [5.41, 5.74) is 4.68. The molecule has 0 bridgehead atoms. The van der Waals surface area contributed by atoms with Crippen molar-refractivity contribution < 1.29 is 18.0 Å². The summed E-state index contributed by atoms with van der Waals surface area (Å²) in [7, 11) is -2.61. The number of rotatable bonds is 11. The Hall–Kier alpha value is -3.95. The van der Waals surface area contributed by atoms with Gasteiger partial charge >= 0.3 is 0 Å². The zero-order valence-corrected chi connectivity index (χ0v) is 27.2. The molecule has 0 aliphatic rings. The summed E-state index contributed by atoms with van der Waals surface area (Å²) in [5.74, 6) is -0.841. The van der Waals surface area contributed by atoms with E-state index in [-0.39, 0.29) is 23.8 Å². The number of carbonyl (C=O) groups is 2. The van der Waals surface area contributed by atoms with Gasteiger partial charge in [0.1, 0.15) is 12.6 Å². The Morgan fingerprint density at radius 3 is 2.09 bits per heavy atom. The van der Waals surface area contributed by atoms with Crippen LogP contribution in [-0.4, -0.2) is 44.8 Å². The molecule has 0 aliphatic heterocycles. The third-order valence-electron chi connectivity index (χ3n) is 7.27. The van der Waals surface area contributed by atoms with Crippen molar-refractivity contribution in [2.75, 3.05) is 17.9 Å². The second kappa shape index (κ2) is 14.0. The molecule has 0 unspecified atom stereocenters. The molecule has 0 saturated heterocycles. The first kappa shape index (κ1) is 32.0. The van der Waals surface area contributed by atoms with Gasteiger partial charge in [-0.1, -0.05) is 93.8 Å². The number of halogens is 1. The average molecular weight is 663 g/mol. The molecule has 0 saturated carbocycles. The molecule has 4 rings (SSSR count). The molecule has 224 valence electrons. The fourth-order valence-corrected chi connectivity index (χ4v) is 6.91. The fraction of sp³-hybridized carbons (Fsp3) is 0.235. The third kappa shape index (κ3) is 7.91. The number of amides is 2. The van der Waals surface area contributed by atoms with Crippen LogP contribution in [0.3, 0.4) is 0 Å². The summed E-state index contributed by atoms with van der Waals surface area (Å²) in [6.45, 7) is 5.25. The molecule has 7 nitrogen and oxygen atoms in total. The van der Waals surface area contributed by atoms with Crippen molar-refractivity contribution in [2.45, 2.75) is 44.7 Å². The van der Waals surface area contributed by atoms with Crippen LogP contribution in [0.25, 0.3) is 0 Å². The van der Waals surface area contributed by atoms with E-state index in [9.17, 15) is 18.0 Å². The summed E-state index contributed by atoms with van der Waals surface area (Å²) < 4.78 is 30.3. The lowest BCUT2D eigenvalue weighted by Gasteiger charge is -2.34. The van der Waals surface area contributed by atoms with E-state index in [0.717, 1.165) is 31.0 Å². The number of hydrogen-bond acceptors (Lipinski definition) is 4. The summed E-state index contributed by atoms with van der Waals surface area (Å²) in [5, 5.41) is 2.71. The van der Waals surface area contributed by atoms with Gasteiger partial charge in [0, 0.05) is 24.5 Å². The average Bonchev–Trinajstić information content (AvgIpc) is 2.98. The van der Waals surface area contributed by atoms with E-state index >= 15 is 0 Å². The molecule has 0 spiro atoms. The largest absolute Gasteiger partial charge is 0.357 e. The van der Waals surface area contributed by atoms with Crippen LogP contribution in [0.1, 0.15) is 27.8 Å². The van der Waals surface area contributed by atoms with Gasteiger partial charge in [-0.15, -0.1) is 0 Å². The van der Waals surface area contributed by atoms with Crippen LogP contribution in [0.4, 0.5) is 5.69 Å². The number of likely N-dealkylation sites (N-methyl/N-ethyl adjacent to an activating group) is 1. The molecule has 0 heterocycles. The minimum Gasteiger partial charge on any atom is -0.357 e. The Labute approximate surface area is 262 Å². The van der Waals surface area contributed by atoms with Gasteiger partial charge in [-0.2, -0.15) is 0 Å². The van der Waals surface area contributed by atoms with E-state index in [1.54, 1.807) is 30.3 Å². The Balaban J connectivity index is 1.81. The maximum atomic E-state index is 14.4. The van der Waals surface area contributed by atoms with Gasteiger partial charge in [-0.25, -0.2) is 8.42 Å². The molecule has 4 aromatic carbocycles. The quantitative estimate of drug-likeness (QED) is 0.215. The number of nitrogens with zero attached hydrogens (tertiary/aromatic N) is 2. The Morgan fingerprint density at radius 1 is 0.814 bits per heavy atom. The highest BCUT2D eigenvalue weighted by molar-refractivity contribution is 9.10. The molecule has 0 radical (unpaired) electrons. The second-order valence-corrected chi connectivity index (χ2v) is 13.4. The summed E-state index contributed by atoms with van der Waals surface area (Å²) in [6.07, 6.45) is 0.258. The van der Waals surface area contributed by atoms with Crippen LogP contribution in [0.15, 0.2) is 106 Å². The van der Waals surface area contributed by atoms with Crippen LogP contribution < -0.4 is 9.62 Å². The fourth-order valence-electron chi connectivity index (χ4n) is 4.99. The Kier molecular flexibility index (Phi) is 10.4. The maximum absolute atomic E-state index is 14.4. The second-order valence-electron chi connectivity index (χ2n) is 10.6. The third-order valence-corrected chi connectivity index (χ3v) is 9.54. The van der Waals surface area contributed by atoms with E-state index in [4.69, 9.17) is 0 Å². The first-order valence-electron chi connectivity index (χ1n) is 14.0. The van der Waals surface area contributed by atoms with Crippen LogP contribution in [0.5, 0.6) is 0 Å². The standard InChI is InChI=1S/C34H36BrN3O4S/c1-24-13-16-30(17-14-24)43(41,42)38(31-18-15-25(2)19-26(31)3)23-33(39)37(22-28-11-8-12-29(35)20-28)32(34(40)36-4)21-27-9-6-5-7-10-27/h5-20,32H,21-23H2,1-4H3,(H,36,40)/t32-/m0/s1. The molecule has 0 aromatic heterocycles. The van der Waals surface area contributed by atoms with E-state index in [1.807, 2.05) is 87.5 Å². The molecule has 0 aliphatic carbocycles. The molecule has 1 N–H and O–H groups in total. The molecular formula is C34H36BrN3O4S. The van der Waals surface area contributed by atoms with Crippen molar-refractivity contribution >= 4 is 43.5 Å². The molecule has 43 heavy (non-hydrogen) atoms. The van der Waals surface area contributed by atoms with Gasteiger partial charge in [0.2, 0.25) is 11.8 Å². The van der Waals surface area contributed by atoms with Crippen molar-refractivity contribution in [1.29, 1.82) is 0 Å². The molecule has 1 atom stereocenters. The van der Waals surface area contributed by atoms with Crippen LogP contribution in [0.2, 0.25) is 0 Å². The lowest BCUT2D eigenvalue weighted by Crippen LogP contribution is -2.53. The van der Waals surface area contributed by atoms with Crippen molar-refractivity contribution in [3.63, 3.8) is 0 Å². The molecule has 2 amide bonds. The lowest BCUT2D eigenvalue weighted by molar-refractivity contribution is -0.139. The maximum Gasteiger partial charge on any atom is 0.264 e. The number of benzene rings is 4. The zero-order chi connectivity index (χ0) is 31.1. The van der Waals surface area contributed by atoms with Gasteiger partial charge in [0.15, 0.2) is 0 Å². The first-order valence-corrected chi connectivity index (χ1v) is 16.2. The van der Waals surface area contributed by atoms with Crippen LogP contribution in [0, 0.1) is 20.8 Å². The van der Waals surface area contributed by atoms with E-state index < -0.39 is 28.5 Å². The van der Waals surface area contributed by atoms with Crippen molar-refractivity contribution in [1.82, 2.24) is 10.2 Å². The zero-order valence-electron chi connectivity index (χ0n) is 24.7. The van der Waals surface area contributed by atoms with Crippen LogP contribution >= 0.6 is 15.9 Å². The number of anilines is 1. The van der Waals surface area contributed by atoms with E-state index in [0.29, 0.717) is 11.3 Å². The lowest BCUT2D eigenvalue weighted by atomic mass is 10.0. The van der Waals surface area contributed by atoms with Gasteiger partial charge < -0.3 is 10.2 Å². The summed E-state index contributed by atoms with van der Waals surface area (Å²) >= 11 is 3.49. The molecular weight excluding hydrogens is 626 g/mol. The number of aryl methyl sites for hydroxylation is 3. The highest BCUT2D eigenvalue weighted by Gasteiger charge is 2.34. The molecule has 0 fully saturated rings. The van der Waals surface area contributed by atoms with Crippen molar-refractivity contribution in [2.24, 2.45) is 0 Å². The minimum atomic E-state index is -4.15. The predicted molar refractivity (Wildman–Crippen MR) is 174 cm³/mol. The van der Waals surface area contributed by atoms with Gasteiger partial charge in [-0.3, -0.25) is 13.9 Å². The van der Waals surface area contributed by atoms with Gasteiger partial charge in [0.05, 0.1) is 10.6 Å². The first-order chi connectivity index (χ1) is 20.5. The summed E-state index contributed by atoms with van der Waals surface area (Å²) in [6, 6.07) is 28.1. The van der Waals surface area contributed by atoms with Crippen molar-refractivity contribution in [3.05, 3.63) is 129 Å². The van der Waals surface area contributed by atoms with E-state index in [1.165, 1.54) is 11.9 Å². The molecule has 4 aromatic rings. The number of carbonyl (C=O) groups excluding carboxylic acids is 2. The monoisotopic (exact) mass is 661 g/mol. The normalized spacial score (nSPS) is 11.9. The van der Waals surface area contributed by atoms with Gasteiger partial charge in [-0.05, 0) is 67.8 Å². The minimum absolute atomic E-state index is 0.0801. The van der Waals surface area contributed by atoms with Crippen LogP contribution in [-0.2, 0) is 32.6 Å². The highest BCUT2D eigenvalue weighted by Crippen LogP contribution is 2.29. The highest BCUT2D eigenvalue weighted by atomic mass is 79.9. The van der Waals surface area contributed by atoms with E-state index in [2.05, 4.69) is 21.2 Å². The van der Waals surface area contributed by atoms with Gasteiger partial charge in [0.25, 0.3) is 10.0 Å². The SMILES string of the molecule is CNC(=O)[C@H](Cc1ccccc1)N(Cc1cccc(Br)c1)C(=O)CN(c1ccc(C)cc1C)S(=O)(=O)c1ccc(C)cc1.